The van der Waals surface area contributed by atoms with Gasteiger partial charge in [0.05, 0.1) is 12.7 Å². The topological polar surface area (TPSA) is 72.7 Å². The van der Waals surface area contributed by atoms with Gasteiger partial charge in [0.1, 0.15) is 5.75 Å². The Morgan fingerprint density at radius 2 is 2.14 bits per heavy atom. The number of aromatic hydroxyl groups is 1. The number of benzene rings is 1. The Kier molecular flexibility index (Phi) is 3.73. The van der Waals surface area contributed by atoms with Crippen LogP contribution in [0.4, 0.5) is 5.69 Å². The standard InChI is InChI=1S/C10H15NO3/c1-7-9(3-2-4-10(7)14)11-5-8(13)6-12/h2-4,8,11-14H,5-6H2,1H3. The molecule has 1 aromatic rings. The maximum Gasteiger partial charge on any atom is 0.120 e. The van der Waals surface area contributed by atoms with Crippen LogP contribution in [0, 0.1) is 6.92 Å². The molecule has 4 N–H and O–H groups in total. The fourth-order valence-electron chi connectivity index (χ4n) is 1.11. The molecule has 0 aromatic heterocycles. The Balaban J connectivity index is 2.63. The lowest BCUT2D eigenvalue weighted by Gasteiger charge is -2.12. The first-order chi connectivity index (χ1) is 6.65. The fraction of sp³-hybridized carbons (Fsp3) is 0.400. The highest BCUT2D eigenvalue weighted by Crippen LogP contribution is 2.23. The summed E-state index contributed by atoms with van der Waals surface area (Å²) in [5, 5.41) is 30.0. The van der Waals surface area contributed by atoms with Crippen molar-refractivity contribution >= 4 is 5.69 Å². The summed E-state index contributed by atoms with van der Waals surface area (Å²) in [4.78, 5) is 0. The molecule has 0 aliphatic carbocycles. The molecule has 1 unspecified atom stereocenters. The van der Waals surface area contributed by atoms with Crippen molar-refractivity contribution < 1.29 is 15.3 Å². The second-order valence-corrected chi connectivity index (χ2v) is 3.17. The number of aliphatic hydroxyl groups is 2. The quantitative estimate of drug-likeness (QED) is 0.566. The molecule has 0 bridgehead atoms. The van der Waals surface area contributed by atoms with Gasteiger partial charge in [0.2, 0.25) is 0 Å². The third kappa shape index (κ3) is 2.61. The van der Waals surface area contributed by atoms with E-state index in [2.05, 4.69) is 5.32 Å². The number of hydrogen-bond donors (Lipinski definition) is 4. The zero-order chi connectivity index (χ0) is 10.6. The van der Waals surface area contributed by atoms with E-state index >= 15 is 0 Å². The predicted molar refractivity (Wildman–Crippen MR) is 54.4 cm³/mol. The van der Waals surface area contributed by atoms with Crippen LogP contribution in [0.25, 0.3) is 0 Å². The van der Waals surface area contributed by atoms with Gasteiger partial charge >= 0.3 is 0 Å². The van der Waals surface area contributed by atoms with Crippen molar-refractivity contribution in [2.75, 3.05) is 18.5 Å². The van der Waals surface area contributed by atoms with Crippen LogP contribution in [-0.2, 0) is 0 Å². The van der Waals surface area contributed by atoms with E-state index in [0.717, 1.165) is 11.3 Å². The Morgan fingerprint density at radius 3 is 2.79 bits per heavy atom. The maximum absolute atomic E-state index is 9.37. The predicted octanol–water partition coefficient (Wildman–Crippen LogP) is 0.466. The molecule has 0 amide bonds. The zero-order valence-corrected chi connectivity index (χ0v) is 8.07. The molecule has 0 saturated carbocycles. The van der Waals surface area contributed by atoms with E-state index in [1.807, 2.05) is 0 Å². The molecule has 0 aliphatic rings. The first-order valence-electron chi connectivity index (χ1n) is 4.46. The van der Waals surface area contributed by atoms with Crippen molar-refractivity contribution in [1.82, 2.24) is 0 Å². The molecule has 1 atom stereocenters. The van der Waals surface area contributed by atoms with Gasteiger partial charge in [0.25, 0.3) is 0 Å². The van der Waals surface area contributed by atoms with Gasteiger partial charge in [-0.2, -0.15) is 0 Å². The van der Waals surface area contributed by atoms with E-state index < -0.39 is 6.10 Å². The molecule has 78 valence electrons. The molecule has 4 nitrogen and oxygen atoms in total. The highest BCUT2D eigenvalue weighted by atomic mass is 16.3. The third-order valence-corrected chi connectivity index (χ3v) is 2.04. The first-order valence-corrected chi connectivity index (χ1v) is 4.46. The normalized spacial score (nSPS) is 12.5. The second-order valence-electron chi connectivity index (χ2n) is 3.17. The minimum atomic E-state index is -0.781. The summed E-state index contributed by atoms with van der Waals surface area (Å²) in [5.74, 6) is 0.216. The van der Waals surface area contributed by atoms with Gasteiger partial charge in [-0.15, -0.1) is 0 Å². The fourth-order valence-corrected chi connectivity index (χ4v) is 1.11. The summed E-state index contributed by atoms with van der Waals surface area (Å²) in [7, 11) is 0. The molecule has 1 aromatic carbocycles. The molecular weight excluding hydrogens is 182 g/mol. The van der Waals surface area contributed by atoms with Crippen molar-refractivity contribution in [3.05, 3.63) is 23.8 Å². The van der Waals surface area contributed by atoms with Crippen molar-refractivity contribution in [3.8, 4) is 5.75 Å². The molecule has 4 heteroatoms. The summed E-state index contributed by atoms with van der Waals surface area (Å²) < 4.78 is 0. The zero-order valence-electron chi connectivity index (χ0n) is 8.07. The second kappa shape index (κ2) is 4.83. The van der Waals surface area contributed by atoms with Crippen LogP contribution in [0.2, 0.25) is 0 Å². The number of aliphatic hydroxyl groups excluding tert-OH is 2. The van der Waals surface area contributed by atoms with E-state index in [1.54, 1.807) is 25.1 Å². The van der Waals surface area contributed by atoms with Gasteiger partial charge in [-0.05, 0) is 19.1 Å². The number of hydrogen-bond acceptors (Lipinski definition) is 4. The molecule has 0 spiro atoms. The Morgan fingerprint density at radius 1 is 1.43 bits per heavy atom. The molecule has 0 aliphatic heterocycles. The lowest BCUT2D eigenvalue weighted by Crippen LogP contribution is -2.23. The van der Waals surface area contributed by atoms with Crippen LogP contribution in [0.5, 0.6) is 5.75 Å². The monoisotopic (exact) mass is 197 g/mol. The first kappa shape index (κ1) is 10.8. The average Bonchev–Trinajstić information content (AvgIpc) is 2.20. The molecular formula is C10H15NO3. The van der Waals surface area contributed by atoms with Crippen LogP contribution in [0.1, 0.15) is 5.56 Å². The smallest absolute Gasteiger partial charge is 0.120 e. The SMILES string of the molecule is Cc1c(O)cccc1NCC(O)CO. The minimum Gasteiger partial charge on any atom is -0.508 e. The number of phenols is 1. The van der Waals surface area contributed by atoms with Crippen molar-refractivity contribution in [2.24, 2.45) is 0 Å². The van der Waals surface area contributed by atoms with Crippen LogP contribution >= 0.6 is 0 Å². The molecule has 0 radical (unpaired) electrons. The van der Waals surface area contributed by atoms with E-state index in [4.69, 9.17) is 10.2 Å². The van der Waals surface area contributed by atoms with E-state index in [0.29, 0.717) is 0 Å². The number of nitrogens with one attached hydrogen (secondary N) is 1. The van der Waals surface area contributed by atoms with Crippen LogP contribution in [0.15, 0.2) is 18.2 Å². The van der Waals surface area contributed by atoms with Gasteiger partial charge in [0.15, 0.2) is 0 Å². The van der Waals surface area contributed by atoms with Gasteiger partial charge < -0.3 is 20.6 Å². The number of rotatable bonds is 4. The Labute approximate surface area is 82.8 Å². The van der Waals surface area contributed by atoms with Gasteiger partial charge in [-0.3, -0.25) is 0 Å². The summed E-state index contributed by atoms with van der Waals surface area (Å²) >= 11 is 0. The lowest BCUT2D eigenvalue weighted by molar-refractivity contribution is 0.105. The van der Waals surface area contributed by atoms with E-state index in [1.165, 1.54) is 0 Å². The van der Waals surface area contributed by atoms with Crippen LogP contribution in [0.3, 0.4) is 0 Å². The largest absolute Gasteiger partial charge is 0.508 e. The summed E-state index contributed by atoms with van der Waals surface area (Å²) in [6.07, 6.45) is -0.781. The van der Waals surface area contributed by atoms with Gasteiger partial charge in [-0.25, -0.2) is 0 Å². The molecule has 0 fully saturated rings. The average molecular weight is 197 g/mol. The molecule has 14 heavy (non-hydrogen) atoms. The van der Waals surface area contributed by atoms with Crippen LogP contribution < -0.4 is 5.32 Å². The lowest BCUT2D eigenvalue weighted by atomic mass is 10.2. The van der Waals surface area contributed by atoms with Crippen molar-refractivity contribution in [3.63, 3.8) is 0 Å². The number of anilines is 1. The summed E-state index contributed by atoms with van der Waals surface area (Å²) in [6, 6.07) is 5.12. The minimum absolute atomic E-state index is 0.216. The van der Waals surface area contributed by atoms with Crippen LogP contribution in [-0.4, -0.2) is 34.6 Å². The van der Waals surface area contributed by atoms with Crippen molar-refractivity contribution in [2.45, 2.75) is 13.0 Å². The number of phenolic OH excluding ortho intramolecular Hbond substituents is 1. The molecule has 0 saturated heterocycles. The maximum atomic E-state index is 9.37. The highest BCUT2D eigenvalue weighted by Gasteiger charge is 2.04. The third-order valence-electron chi connectivity index (χ3n) is 2.04. The summed E-state index contributed by atoms with van der Waals surface area (Å²) in [5.41, 5.74) is 1.50. The Bertz CT molecular complexity index is 301. The van der Waals surface area contributed by atoms with E-state index in [9.17, 15) is 5.11 Å². The Hall–Kier alpha value is -1.26. The summed E-state index contributed by atoms with van der Waals surface area (Å²) in [6.45, 7) is 1.77. The molecule has 0 heterocycles. The van der Waals surface area contributed by atoms with Gasteiger partial charge in [-0.1, -0.05) is 6.07 Å². The van der Waals surface area contributed by atoms with Gasteiger partial charge in [0, 0.05) is 17.8 Å². The molecule has 1 rings (SSSR count). The van der Waals surface area contributed by atoms with E-state index in [-0.39, 0.29) is 18.9 Å². The van der Waals surface area contributed by atoms with Crippen molar-refractivity contribution in [1.29, 1.82) is 0 Å². The highest BCUT2D eigenvalue weighted by molar-refractivity contribution is 5.56.